The van der Waals surface area contributed by atoms with Crippen molar-refractivity contribution in [2.24, 2.45) is 0 Å². The summed E-state index contributed by atoms with van der Waals surface area (Å²) in [6.07, 6.45) is 0. The van der Waals surface area contributed by atoms with Crippen LogP contribution in [0.25, 0.3) is 10.9 Å². The number of hydrogen-bond acceptors (Lipinski definition) is 4. The summed E-state index contributed by atoms with van der Waals surface area (Å²) >= 11 is 0. The zero-order chi connectivity index (χ0) is 17.6. The fourth-order valence-electron chi connectivity index (χ4n) is 2.43. The minimum absolute atomic E-state index is 0.121. The van der Waals surface area contributed by atoms with Crippen molar-refractivity contribution in [2.75, 3.05) is 13.7 Å². The van der Waals surface area contributed by atoms with Gasteiger partial charge in [-0.3, -0.25) is 14.7 Å². The van der Waals surface area contributed by atoms with E-state index in [1.807, 2.05) is 42.5 Å². The van der Waals surface area contributed by atoms with Crippen LogP contribution in [0.2, 0.25) is 0 Å². The summed E-state index contributed by atoms with van der Waals surface area (Å²) < 4.78 is 5.14. The molecule has 2 aromatic carbocycles. The molecule has 3 rings (SSSR count). The van der Waals surface area contributed by atoms with E-state index in [1.165, 1.54) is 0 Å². The molecule has 7 nitrogen and oxygen atoms in total. The standard InChI is InChI=1S/C18H18N4O3/c1-25-13-6-4-5-12(9-13)10-19-16(23)11-20-18(24)17-14-7-2-3-8-15(14)21-22-17/h2-9H,10-11H2,1H3,(H,19,23)(H,20,24)(H,21,22). The molecule has 128 valence electrons. The van der Waals surface area contributed by atoms with E-state index in [9.17, 15) is 9.59 Å². The Kier molecular flexibility index (Phi) is 4.94. The fourth-order valence-corrected chi connectivity index (χ4v) is 2.43. The van der Waals surface area contributed by atoms with Crippen molar-refractivity contribution in [1.29, 1.82) is 0 Å². The van der Waals surface area contributed by atoms with Gasteiger partial charge in [-0.05, 0) is 23.8 Å². The smallest absolute Gasteiger partial charge is 0.272 e. The van der Waals surface area contributed by atoms with Gasteiger partial charge < -0.3 is 15.4 Å². The van der Waals surface area contributed by atoms with Crippen LogP contribution in [0.3, 0.4) is 0 Å². The molecule has 25 heavy (non-hydrogen) atoms. The van der Waals surface area contributed by atoms with Crippen LogP contribution in [0.4, 0.5) is 0 Å². The van der Waals surface area contributed by atoms with Crippen LogP contribution in [0.5, 0.6) is 5.75 Å². The molecule has 0 saturated heterocycles. The first-order valence-electron chi connectivity index (χ1n) is 7.78. The number of hydrogen-bond donors (Lipinski definition) is 3. The summed E-state index contributed by atoms with van der Waals surface area (Å²) in [5.74, 6) is 0.0513. The third-order valence-corrected chi connectivity index (χ3v) is 3.72. The number of benzene rings is 2. The summed E-state index contributed by atoms with van der Waals surface area (Å²) in [7, 11) is 1.59. The number of H-pyrrole nitrogens is 1. The number of amides is 2. The van der Waals surface area contributed by atoms with Gasteiger partial charge in [0.2, 0.25) is 5.91 Å². The lowest BCUT2D eigenvalue weighted by Gasteiger charge is -2.07. The number of aromatic amines is 1. The van der Waals surface area contributed by atoms with Crippen molar-refractivity contribution in [3.05, 3.63) is 59.8 Å². The Labute approximate surface area is 144 Å². The van der Waals surface area contributed by atoms with Crippen molar-refractivity contribution in [3.8, 4) is 5.75 Å². The number of aromatic nitrogens is 2. The molecule has 0 aliphatic carbocycles. The molecule has 0 unspecified atom stereocenters. The average Bonchev–Trinajstić information content (AvgIpc) is 3.09. The molecule has 1 heterocycles. The lowest BCUT2D eigenvalue weighted by atomic mass is 10.2. The van der Waals surface area contributed by atoms with Gasteiger partial charge in [0.15, 0.2) is 5.69 Å². The minimum atomic E-state index is -0.394. The Morgan fingerprint density at radius 1 is 1.12 bits per heavy atom. The largest absolute Gasteiger partial charge is 0.497 e. The molecule has 3 N–H and O–H groups in total. The van der Waals surface area contributed by atoms with Crippen molar-refractivity contribution < 1.29 is 14.3 Å². The van der Waals surface area contributed by atoms with Crippen LogP contribution in [0, 0.1) is 0 Å². The maximum Gasteiger partial charge on any atom is 0.272 e. The molecule has 0 aliphatic heterocycles. The van der Waals surface area contributed by atoms with Crippen molar-refractivity contribution in [1.82, 2.24) is 20.8 Å². The summed E-state index contributed by atoms with van der Waals surface area (Å²) in [6, 6.07) is 14.7. The van der Waals surface area contributed by atoms with Gasteiger partial charge in [-0.15, -0.1) is 0 Å². The number of ether oxygens (including phenoxy) is 1. The highest BCUT2D eigenvalue weighted by Crippen LogP contribution is 2.14. The Balaban J connectivity index is 1.52. The summed E-state index contributed by atoms with van der Waals surface area (Å²) in [6.45, 7) is 0.237. The van der Waals surface area contributed by atoms with E-state index in [0.29, 0.717) is 6.54 Å². The Morgan fingerprint density at radius 3 is 2.80 bits per heavy atom. The predicted octanol–water partition coefficient (Wildman–Crippen LogP) is 1.62. The zero-order valence-electron chi connectivity index (χ0n) is 13.7. The zero-order valence-corrected chi connectivity index (χ0v) is 13.7. The summed E-state index contributed by atoms with van der Waals surface area (Å²) in [4.78, 5) is 24.1. The van der Waals surface area contributed by atoms with Gasteiger partial charge in [0.25, 0.3) is 5.91 Å². The molecule has 3 aromatic rings. The molecule has 0 atom stereocenters. The first kappa shape index (κ1) is 16.5. The number of fused-ring (bicyclic) bond motifs is 1. The third kappa shape index (κ3) is 3.95. The first-order chi connectivity index (χ1) is 12.2. The molecular formula is C18H18N4O3. The number of methoxy groups -OCH3 is 1. The van der Waals surface area contributed by atoms with Gasteiger partial charge in [0.05, 0.1) is 19.2 Å². The van der Waals surface area contributed by atoms with Gasteiger partial charge >= 0.3 is 0 Å². The van der Waals surface area contributed by atoms with Crippen LogP contribution in [0.1, 0.15) is 16.1 Å². The lowest BCUT2D eigenvalue weighted by molar-refractivity contribution is -0.120. The van der Waals surface area contributed by atoms with E-state index in [4.69, 9.17) is 4.74 Å². The molecule has 2 amide bonds. The third-order valence-electron chi connectivity index (χ3n) is 3.72. The molecule has 0 aliphatic rings. The van der Waals surface area contributed by atoms with Gasteiger partial charge in [-0.25, -0.2) is 0 Å². The Morgan fingerprint density at radius 2 is 1.96 bits per heavy atom. The molecule has 0 fully saturated rings. The second-order valence-electron chi connectivity index (χ2n) is 5.43. The highest BCUT2D eigenvalue weighted by Gasteiger charge is 2.14. The topological polar surface area (TPSA) is 96.1 Å². The number of carbonyl (C=O) groups excluding carboxylic acids is 2. The maximum atomic E-state index is 12.2. The molecule has 1 aromatic heterocycles. The Bertz CT molecular complexity index is 904. The van der Waals surface area contributed by atoms with E-state index in [1.54, 1.807) is 13.2 Å². The quantitative estimate of drug-likeness (QED) is 0.636. The minimum Gasteiger partial charge on any atom is -0.497 e. The van der Waals surface area contributed by atoms with Crippen LogP contribution >= 0.6 is 0 Å². The first-order valence-corrected chi connectivity index (χ1v) is 7.78. The predicted molar refractivity (Wildman–Crippen MR) is 93.3 cm³/mol. The molecular weight excluding hydrogens is 320 g/mol. The number of para-hydroxylation sites is 1. The summed E-state index contributed by atoms with van der Waals surface area (Å²) in [5.41, 5.74) is 1.96. The van der Waals surface area contributed by atoms with Crippen LogP contribution < -0.4 is 15.4 Å². The van der Waals surface area contributed by atoms with Crippen molar-refractivity contribution in [2.45, 2.75) is 6.54 Å². The Hall–Kier alpha value is -3.35. The van der Waals surface area contributed by atoms with Gasteiger partial charge in [0, 0.05) is 11.9 Å². The van der Waals surface area contributed by atoms with E-state index in [-0.39, 0.29) is 18.1 Å². The fraction of sp³-hybridized carbons (Fsp3) is 0.167. The SMILES string of the molecule is COc1cccc(CNC(=O)CNC(=O)c2n[nH]c3ccccc23)c1. The van der Waals surface area contributed by atoms with Crippen LogP contribution in [-0.2, 0) is 11.3 Å². The van der Waals surface area contributed by atoms with Crippen LogP contribution in [-0.4, -0.2) is 35.7 Å². The monoisotopic (exact) mass is 338 g/mol. The average molecular weight is 338 g/mol. The second-order valence-corrected chi connectivity index (χ2v) is 5.43. The molecule has 7 heteroatoms. The number of nitrogens with zero attached hydrogens (tertiary/aromatic N) is 1. The van der Waals surface area contributed by atoms with E-state index < -0.39 is 5.91 Å². The van der Waals surface area contributed by atoms with Gasteiger partial charge in [-0.2, -0.15) is 5.10 Å². The molecule has 0 spiro atoms. The lowest BCUT2D eigenvalue weighted by Crippen LogP contribution is -2.36. The molecule has 0 bridgehead atoms. The van der Waals surface area contributed by atoms with E-state index >= 15 is 0 Å². The van der Waals surface area contributed by atoms with Crippen molar-refractivity contribution in [3.63, 3.8) is 0 Å². The number of nitrogens with one attached hydrogen (secondary N) is 3. The normalized spacial score (nSPS) is 10.4. The highest BCUT2D eigenvalue weighted by molar-refractivity contribution is 6.05. The number of carbonyl (C=O) groups is 2. The molecule has 0 saturated carbocycles. The van der Waals surface area contributed by atoms with E-state index in [0.717, 1.165) is 22.2 Å². The molecule has 0 radical (unpaired) electrons. The maximum absolute atomic E-state index is 12.2. The van der Waals surface area contributed by atoms with Crippen LogP contribution in [0.15, 0.2) is 48.5 Å². The van der Waals surface area contributed by atoms with Gasteiger partial charge in [-0.1, -0.05) is 30.3 Å². The van der Waals surface area contributed by atoms with E-state index in [2.05, 4.69) is 20.8 Å². The van der Waals surface area contributed by atoms with Gasteiger partial charge in [0.1, 0.15) is 5.75 Å². The number of rotatable bonds is 6. The second kappa shape index (κ2) is 7.48. The summed E-state index contributed by atoms with van der Waals surface area (Å²) in [5, 5.41) is 12.8. The highest BCUT2D eigenvalue weighted by atomic mass is 16.5. The van der Waals surface area contributed by atoms with Crippen molar-refractivity contribution >= 4 is 22.7 Å².